The van der Waals surface area contributed by atoms with Gasteiger partial charge in [0.05, 0.1) is 43.7 Å². The van der Waals surface area contributed by atoms with Crippen molar-refractivity contribution in [3.05, 3.63) is 36.0 Å². The lowest BCUT2D eigenvalue weighted by Gasteiger charge is -2.31. The Balaban J connectivity index is 1.64. The number of benzene rings is 1. The van der Waals surface area contributed by atoms with E-state index in [9.17, 15) is 5.11 Å². The molecule has 3 atom stereocenters. The summed E-state index contributed by atoms with van der Waals surface area (Å²) in [7, 11) is 1.66. The third-order valence-corrected chi connectivity index (χ3v) is 4.95. The number of aliphatic hydroxyl groups is 2. The monoisotopic (exact) mass is 345 g/mol. The summed E-state index contributed by atoms with van der Waals surface area (Å²) in [6.45, 7) is -0.199. The van der Waals surface area contributed by atoms with Gasteiger partial charge < -0.3 is 19.7 Å². The summed E-state index contributed by atoms with van der Waals surface area (Å²) in [6.07, 6.45) is 6.83. The minimum Gasteiger partial charge on any atom is -0.495 e. The summed E-state index contributed by atoms with van der Waals surface area (Å²) in [6, 6.07) is 8.24. The molecule has 0 spiro atoms. The first-order valence-electron chi connectivity index (χ1n) is 9.05. The number of aryl methyl sites for hydroxylation is 1. The number of hydrogen-bond donors (Lipinski definition) is 2. The third kappa shape index (κ3) is 4.69. The molecule has 0 radical (unpaired) electrons. The van der Waals surface area contributed by atoms with Gasteiger partial charge in [-0.05, 0) is 49.8 Å². The molecule has 0 saturated carbocycles. The Morgan fingerprint density at radius 1 is 1.32 bits per heavy atom. The van der Waals surface area contributed by atoms with Crippen LogP contribution < -0.4 is 4.74 Å². The van der Waals surface area contributed by atoms with E-state index in [2.05, 4.69) is 11.1 Å². The van der Waals surface area contributed by atoms with Crippen LogP contribution in [0.4, 0.5) is 0 Å². The van der Waals surface area contributed by atoms with Crippen molar-refractivity contribution < 1.29 is 19.7 Å². The smallest absolute Gasteiger partial charge is 0.137 e. The number of aliphatic hydroxyl groups excluding tert-OH is 2. The van der Waals surface area contributed by atoms with Gasteiger partial charge in [0.25, 0.3) is 0 Å². The van der Waals surface area contributed by atoms with Crippen molar-refractivity contribution >= 4 is 10.9 Å². The lowest BCUT2D eigenvalue weighted by atomic mass is 9.95. The number of ether oxygens (including phenoxy) is 2. The number of hydrogen-bond acceptors (Lipinski definition) is 5. The second-order valence-corrected chi connectivity index (χ2v) is 6.78. The predicted molar refractivity (Wildman–Crippen MR) is 96.8 cm³/mol. The second kappa shape index (κ2) is 8.61. The van der Waals surface area contributed by atoms with E-state index in [4.69, 9.17) is 14.6 Å². The minimum absolute atomic E-state index is 0.0511. The van der Waals surface area contributed by atoms with E-state index >= 15 is 0 Å². The van der Waals surface area contributed by atoms with Crippen molar-refractivity contribution in [1.82, 2.24) is 4.98 Å². The number of pyridine rings is 1. The maximum Gasteiger partial charge on any atom is 0.137 e. The summed E-state index contributed by atoms with van der Waals surface area (Å²) in [5.74, 6) is 0.770. The average molecular weight is 345 g/mol. The summed E-state index contributed by atoms with van der Waals surface area (Å²) >= 11 is 0. The fourth-order valence-corrected chi connectivity index (χ4v) is 3.58. The molecule has 5 heteroatoms. The molecule has 1 aliphatic heterocycles. The van der Waals surface area contributed by atoms with Gasteiger partial charge in [0, 0.05) is 11.8 Å². The Bertz CT molecular complexity index is 690. The first-order chi connectivity index (χ1) is 12.2. The number of rotatable bonds is 7. The SMILES string of the molecule is COc1cnc2cccc(CC[C@H]3CCC[C@H](C[C@H](O)CO)O3)c2c1. The molecule has 1 aliphatic rings. The van der Waals surface area contributed by atoms with Crippen molar-refractivity contribution in [2.24, 2.45) is 0 Å². The molecule has 0 bridgehead atoms. The fraction of sp³-hybridized carbons (Fsp3) is 0.550. The highest BCUT2D eigenvalue weighted by Gasteiger charge is 2.24. The number of fused-ring (bicyclic) bond motifs is 1. The van der Waals surface area contributed by atoms with E-state index in [1.165, 1.54) is 5.56 Å². The molecule has 2 heterocycles. The van der Waals surface area contributed by atoms with Crippen LogP contribution in [-0.2, 0) is 11.2 Å². The highest BCUT2D eigenvalue weighted by molar-refractivity contribution is 5.83. The van der Waals surface area contributed by atoms with Crippen LogP contribution in [0.2, 0.25) is 0 Å². The lowest BCUT2D eigenvalue weighted by molar-refractivity contribution is -0.0759. The van der Waals surface area contributed by atoms with Crippen LogP contribution in [0.1, 0.15) is 37.7 Å². The molecule has 2 aromatic rings. The normalized spacial score (nSPS) is 22.0. The van der Waals surface area contributed by atoms with Gasteiger partial charge in [0.15, 0.2) is 0 Å². The van der Waals surface area contributed by atoms with Crippen LogP contribution in [0, 0.1) is 0 Å². The maximum atomic E-state index is 9.62. The summed E-state index contributed by atoms with van der Waals surface area (Å²) in [5.41, 5.74) is 2.23. The Morgan fingerprint density at radius 2 is 2.16 bits per heavy atom. The molecule has 1 saturated heterocycles. The minimum atomic E-state index is -0.680. The maximum absolute atomic E-state index is 9.62. The van der Waals surface area contributed by atoms with E-state index < -0.39 is 6.10 Å². The van der Waals surface area contributed by atoms with Gasteiger partial charge in [-0.25, -0.2) is 0 Å². The highest BCUT2D eigenvalue weighted by Crippen LogP contribution is 2.27. The molecule has 0 amide bonds. The van der Waals surface area contributed by atoms with E-state index in [1.807, 2.05) is 18.2 Å². The number of aromatic nitrogens is 1. The van der Waals surface area contributed by atoms with Crippen LogP contribution in [0.25, 0.3) is 10.9 Å². The van der Waals surface area contributed by atoms with Gasteiger partial charge in [0.1, 0.15) is 5.75 Å². The quantitative estimate of drug-likeness (QED) is 0.807. The molecule has 0 unspecified atom stereocenters. The fourth-order valence-electron chi connectivity index (χ4n) is 3.58. The van der Waals surface area contributed by atoms with Crippen molar-refractivity contribution in [2.75, 3.05) is 13.7 Å². The molecular weight excluding hydrogens is 318 g/mol. The van der Waals surface area contributed by atoms with Crippen molar-refractivity contribution in [2.45, 2.75) is 56.8 Å². The van der Waals surface area contributed by atoms with Crippen LogP contribution in [-0.4, -0.2) is 47.2 Å². The standard InChI is InChI=1S/C20H27NO4/c1-24-18-11-19-14(4-2-7-20(19)21-12-18)8-9-16-5-3-6-17(25-16)10-15(23)13-22/h2,4,7,11-12,15-17,22-23H,3,5-6,8-10,13H2,1H3/t15-,16+,17+/m0/s1. The molecule has 3 rings (SSSR count). The summed E-state index contributed by atoms with van der Waals surface area (Å²) < 4.78 is 11.4. The molecule has 136 valence electrons. The van der Waals surface area contributed by atoms with Crippen molar-refractivity contribution in [3.8, 4) is 5.75 Å². The Morgan fingerprint density at radius 3 is 2.96 bits per heavy atom. The van der Waals surface area contributed by atoms with Gasteiger partial charge in [-0.15, -0.1) is 0 Å². The van der Waals surface area contributed by atoms with Crippen LogP contribution in [0.5, 0.6) is 5.75 Å². The first-order valence-corrected chi connectivity index (χ1v) is 9.05. The highest BCUT2D eigenvalue weighted by atomic mass is 16.5. The Labute approximate surface area is 148 Å². The molecule has 5 nitrogen and oxygen atoms in total. The number of methoxy groups -OCH3 is 1. The topological polar surface area (TPSA) is 71.8 Å². The van der Waals surface area contributed by atoms with Crippen LogP contribution in [0.3, 0.4) is 0 Å². The van der Waals surface area contributed by atoms with Crippen LogP contribution in [0.15, 0.2) is 30.5 Å². The van der Waals surface area contributed by atoms with Crippen molar-refractivity contribution in [1.29, 1.82) is 0 Å². The second-order valence-electron chi connectivity index (χ2n) is 6.78. The number of nitrogens with zero attached hydrogens (tertiary/aromatic N) is 1. The molecular formula is C20H27NO4. The predicted octanol–water partition coefficient (Wildman–Crippen LogP) is 2.86. The van der Waals surface area contributed by atoms with E-state index in [0.717, 1.165) is 48.8 Å². The zero-order valence-corrected chi connectivity index (χ0v) is 14.7. The van der Waals surface area contributed by atoms with Gasteiger partial charge in [-0.1, -0.05) is 12.1 Å². The Hall–Kier alpha value is -1.69. The largest absolute Gasteiger partial charge is 0.495 e. The summed E-state index contributed by atoms with van der Waals surface area (Å²) in [5, 5.41) is 19.8. The molecule has 1 fully saturated rings. The Kier molecular flexibility index (Phi) is 6.24. The van der Waals surface area contributed by atoms with Gasteiger partial charge in [0.2, 0.25) is 0 Å². The zero-order valence-electron chi connectivity index (χ0n) is 14.7. The van der Waals surface area contributed by atoms with E-state index in [1.54, 1.807) is 13.3 Å². The third-order valence-electron chi connectivity index (χ3n) is 4.95. The van der Waals surface area contributed by atoms with Gasteiger partial charge >= 0.3 is 0 Å². The van der Waals surface area contributed by atoms with Gasteiger partial charge in [-0.3, -0.25) is 4.98 Å². The molecule has 1 aromatic carbocycles. The molecule has 25 heavy (non-hydrogen) atoms. The van der Waals surface area contributed by atoms with Gasteiger partial charge in [-0.2, -0.15) is 0 Å². The molecule has 1 aromatic heterocycles. The molecule has 0 aliphatic carbocycles. The van der Waals surface area contributed by atoms with E-state index in [-0.39, 0.29) is 18.8 Å². The average Bonchev–Trinajstić information content (AvgIpc) is 2.66. The zero-order chi connectivity index (χ0) is 17.6. The summed E-state index contributed by atoms with van der Waals surface area (Å²) in [4.78, 5) is 4.45. The van der Waals surface area contributed by atoms with Crippen LogP contribution >= 0.6 is 0 Å². The first kappa shape index (κ1) is 18.1. The molecule has 2 N–H and O–H groups in total. The van der Waals surface area contributed by atoms with E-state index in [0.29, 0.717) is 6.42 Å². The van der Waals surface area contributed by atoms with Crippen molar-refractivity contribution in [3.63, 3.8) is 0 Å². The lowest BCUT2D eigenvalue weighted by Crippen LogP contribution is -2.31.